The fourth-order valence-electron chi connectivity index (χ4n) is 2.32. The number of rotatable bonds is 2. The monoisotopic (exact) mass is 385 g/mol. The summed E-state index contributed by atoms with van der Waals surface area (Å²) in [5.74, 6) is 0.854. The largest absolute Gasteiger partial charge is 0.378 e. The SMILES string of the molecule is Fc1cccc2c1SCCC2Nc1cccc(I)c1. The molecule has 1 nitrogen and oxygen atoms in total. The average Bonchev–Trinajstić information content (AvgIpc) is 2.40. The first kappa shape index (κ1) is 13.2. The molecule has 2 aromatic carbocycles. The van der Waals surface area contributed by atoms with E-state index < -0.39 is 0 Å². The fraction of sp³-hybridized carbons (Fsp3) is 0.200. The number of halogens is 2. The van der Waals surface area contributed by atoms with Gasteiger partial charge in [-0.3, -0.25) is 0 Å². The van der Waals surface area contributed by atoms with E-state index in [1.807, 2.05) is 12.1 Å². The number of hydrogen-bond donors (Lipinski definition) is 1. The van der Waals surface area contributed by atoms with Gasteiger partial charge in [0, 0.05) is 19.9 Å². The van der Waals surface area contributed by atoms with Gasteiger partial charge >= 0.3 is 0 Å². The van der Waals surface area contributed by atoms with Crippen molar-refractivity contribution >= 4 is 40.0 Å². The Morgan fingerprint density at radius 2 is 2.05 bits per heavy atom. The summed E-state index contributed by atoms with van der Waals surface area (Å²) in [6.07, 6.45) is 1.02. The molecule has 0 saturated carbocycles. The lowest BCUT2D eigenvalue weighted by molar-refractivity contribution is 0.585. The van der Waals surface area contributed by atoms with Crippen molar-refractivity contribution in [2.75, 3.05) is 11.1 Å². The standard InChI is InChI=1S/C15H13FINS/c16-13-6-2-5-12-14(7-8-19-15(12)13)18-11-4-1-3-10(17)9-11/h1-6,9,14,18H,7-8H2. The number of benzene rings is 2. The summed E-state index contributed by atoms with van der Waals surface area (Å²) >= 11 is 3.92. The van der Waals surface area contributed by atoms with E-state index >= 15 is 0 Å². The number of fused-ring (bicyclic) bond motifs is 1. The maximum absolute atomic E-state index is 13.8. The Labute approximate surface area is 130 Å². The zero-order valence-electron chi connectivity index (χ0n) is 10.2. The van der Waals surface area contributed by atoms with Gasteiger partial charge in [0.1, 0.15) is 5.82 Å². The Morgan fingerprint density at radius 1 is 1.21 bits per heavy atom. The highest BCUT2D eigenvalue weighted by Gasteiger charge is 2.22. The van der Waals surface area contributed by atoms with Crippen molar-refractivity contribution in [3.05, 3.63) is 57.4 Å². The molecule has 0 bridgehead atoms. The molecule has 0 radical (unpaired) electrons. The van der Waals surface area contributed by atoms with Crippen LogP contribution >= 0.6 is 34.4 Å². The predicted octanol–water partition coefficient (Wildman–Crippen LogP) is 5.08. The Kier molecular flexibility index (Phi) is 3.98. The molecule has 0 amide bonds. The summed E-state index contributed by atoms with van der Waals surface area (Å²) in [5.41, 5.74) is 2.18. The first-order valence-corrected chi connectivity index (χ1v) is 8.24. The summed E-state index contributed by atoms with van der Waals surface area (Å²) < 4.78 is 15.0. The predicted molar refractivity (Wildman–Crippen MR) is 87.3 cm³/mol. The van der Waals surface area contributed by atoms with E-state index in [1.54, 1.807) is 23.9 Å². The van der Waals surface area contributed by atoms with Crippen LogP contribution in [0.3, 0.4) is 0 Å². The maximum atomic E-state index is 13.8. The number of anilines is 1. The van der Waals surface area contributed by atoms with Crippen molar-refractivity contribution in [2.24, 2.45) is 0 Å². The van der Waals surface area contributed by atoms with Crippen LogP contribution in [0, 0.1) is 9.39 Å². The summed E-state index contributed by atoms with van der Waals surface area (Å²) in [5, 5.41) is 3.52. The second-order valence-corrected chi connectivity index (χ2v) is 6.85. The van der Waals surface area contributed by atoms with Crippen molar-refractivity contribution < 1.29 is 4.39 Å². The second kappa shape index (κ2) is 5.71. The molecule has 0 spiro atoms. The molecule has 1 unspecified atom stereocenters. The minimum atomic E-state index is -0.100. The van der Waals surface area contributed by atoms with Crippen LogP contribution in [0.15, 0.2) is 47.4 Å². The lowest BCUT2D eigenvalue weighted by Gasteiger charge is -2.27. The fourth-order valence-corrected chi connectivity index (χ4v) is 4.00. The average molecular weight is 385 g/mol. The highest BCUT2D eigenvalue weighted by atomic mass is 127. The normalized spacial score (nSPS) is 17.9. The van der Waals surface area contributed by atoms with Crippen molar-refractivity contribution in [3.63, 3.8) is 0 Å². The van der Waals surface area contributed by atoms with Gasteiger partial charge in [-0.05, 0) is 58.8 Å². The van der Waals surface area contributed by atoms with Gasteiger partial charge in [-0.2, -0.15) is 0 Å². The number of thioether (sulfide) groups is 1. The number of hydrogen-bond acceptors (Lipinski definition) is 2. The minimum absolute atomic E-state index is 0.100. The van der Waals surface area contributed by atoms with Gasteiger partial charge in [-0.1, -0.05) is 18.2 Å². The highest BCUT2D eigenvalue weighted by molar-refractivity contribution is 14.1. The van der Waals surface area contributed by atoms with Gasteiger partial charge in [0.15, 0.2) is 0 Å². The van der Waals surface area contributed by atoms with Crippen LogP contribution in [0.2, 0.25) is 0 Å². The van der Waals surface area contributed by atoms with E-state index in [0.29, 0.717) is 0 Å². The molecule has 1 atom stereocenters. The van der Waals surface area contributed by atoms with Crippen LogP contribution in [-0.2, 0) is 0 Å². The Morgan fingerprint density at radius 3 is 2.89 bits per heavy atom. The van der Waals surface area contributed by atoms with Crippen LogP contribution in [0.5, 0.6) is 0 Å². The molecule has 19 heavy (non-hydrogen) atoms. The second-order valence-electron chi connectivity index (χ2n) is 4.50. The molecule has 1 N–H and O–H groups in total. The Hall–Kier alpha value is -0.750. The molecule has 1 heterocycles. The van der Waals surface area contributed by atoms with Crippen LogP contribution in [0.25, 0.3) is 0 Å². The van der Waals surface area contributed by atoms with Crippen LogP contribution in [0.1, 0.15) is 18.0 Å². The lowest BCUT2D eigenvalue weighted by atomic mass is 10.0. The third-order valence-electron chi connectivity index (χ3n) is 3.19. The van der Waals surface area contributed by atoms with Gasteiger partial charge in [0.2, 0.25) is 0 Å². The third kappa shape index (κ3) is 2.89. The molecule has 4 heteroatoms. The van der Waals surface area contributed by atoms with Gasteiger partial charge in [-0.25, -0.2) is 4.39 Å². The van der Waals surface area contributed by atoms with Gasteiger partial charge < -0.3 is 5.32 Å². The van der Waals surface area contributed by atoms with Crippen molar-refractivity contribution in [3.8, 4) is 0 Å². The van der Waals surface area contributed by atoms with Crippen LogP contribution in [0.4, 0.5) is 10.1 Å². The highest BCUT2D eigenvalue weighted by Crippen LogP contribution is 2.39. The molecule has 0 aliphatic carbocycles. The van der Waals surface area contributed by atoms with Gasteiger partial charge in [-0.15, -0.1) is 11.8 Å². The molecule has 98 valence electrons. The Balaban J connectivity index is 1.90. The van der Waals surface area contributed by atoms with Crippen molar-refractivity contribution in [1.82, 2.24) is 0 Å². The molecule has 3 rings (SSSR count). The quantitative estimate of drug-likeness (QED) is 0.724. The molecule has 0 saturated heterocycles. The van der Waals surface area contributed by atoms with Gasteiger partial charge in [0.05, 0.1) is 6.04 Å². The zero-order valence-corrected chi connectivity index (χ0v) is 13.2. The zero-order chi connectivity index (χ0) is 13.2. The summed E-state index contributed by atoms with van der Waals surface area (Å²) in [6.45, 7) is 0. The first-order chi connectivity index (χ1) is 9.24. The van der Waals surface area contributed by atoms with E-state index in [1.165, 1.54) is 3.57 Å². The van der Waals surface area contributed by atoms with E-state index in [9.17, 15) is 4.39 Å². The van der Waals surface area contributed by atoms with Crippen molar-refractivity contribution in [2.45, 2.75) is 17.4 Å². The van der Waals surface area contributed by atoms with E-state index in [4.69, 9.17) is 0 Å². The van der Waals surface area contributed by atoms with Gasteiger partial charge in [0.25, 0.3) is 0 Å². The Bertz CT molecular complexity index is 602. The molecule has 1 aliphatic rings. The van der Waals surface area contributed by atoms with E-state index in [0.717, 1.165) is 28.3 Å². The molecule has 0 fully saturated rings. The number of nitrogens with one attached hydrogen (secondary N) is 1. The topological polar surface area (TPSA) is 12.0 Å². The minimum Gasteiger partial charge on any atom is -0.378 e. The maximum Gasteiger partial charge on any atom is 0.137 e. The third-order valence-corrected chi connectivity index (χ3v) is 5.02. The smallest absolute Gasteiger partial charge is 0.137 e. The summed E-state index contributed by atoms with van der Waals surface area (Å²) in [4.78, 5) is 0.803. The van der Waals surface area contributed by atoms with E-state index in [-0.39, 0.29) is 11.9 Å². The molecular formula is C15H13FINS. The molecular weight excluding hydrogens is 372 g/mol. The molecule has 0 aromatic heterocycles. The molecule has 1 aliphatic heterocycles. The van der Waals surface area contributed by atoms with Crippen LogP contribution in [-0.4, -0.2) is 5.75 Å². The van der Waals surface area contributed by atoms with Crippen LogP contribution < -0.4 is 5.32 Å². The molecule has 2 aromatic rings. The lowest BCUT2D eigenvalue weighted by Crippen LogP contribution is -2.16. The summed E-state index contributed by atoms with van der Waals surface area (Å²) in [7, 11) is 0. The van der Waals surface area contributed by atoms with E-state index in [2.05, 4.69) is 46.1 Å². The van der Waals surface area contributed by atoms with Crippen molar-refractivity contribution in [1.29, 1.82) is 0 Å². The summed E-state index contributed by atoms with van der Waals surface area (Å²) in [6, 6.07) is 13.8. The first-order valence-electron chi connectivity index (χ1n) is 6.17.